The van der Waals surface area contributed by atoms with Gasteiger partial charge in [0.15, 0.2) is 5.16 Å². The minimum Gasteiger partial charge on any atom is -0.373 e. The van der Waals surface area contributed by atoms with Crippen molar-refractivity contribution < 1.29 is 0 Å². The van der Waals surface area contributed by atoms with Crippen molar-refractivity contribution in [3.05, 3.63) is 21.9 Å². The molecule has 0 radical (unpaired) electrons. The van der Waals surface area contributed by atoms with Crippen LogP contribution in [0.3, 0.4) is 0 Å². The van der Waals surface area contributed by atoms with Gasteiger partial charge in [0.05, 0.1) is 0 Å². The normalized spacial score (nSPS) is 14.4. The Balaban J connectivity index is 2.00. The van der Waals surface area contributed by atoms with Crippen LogP contribution < -0.4 is 11.0 Å². The number of nitrogens with one attached hydrogen (secondary N) is 2. The van der Waals surface area contributed by atoms with Gasteiger partial charge < -0.3 is 5.32 Å². The highest BCUT2D eigenvalue weighted by molar-refractivity contribution is 7.99. The van der Waals surface area contributed by atoms with Crippen LogP contribution in [0.2, 0.25) is 0 Å². The molecule has 2 N–H and O–H groups in total. The molecule has 0 spiro atoms. The lowest BCUT2D eigenvalue weighted by Crippen LogP contribution is -2.16. The van der Waals surface area contributed by atoms with Crippen LogP contribution in [0.15, 0.2) is 15.0 Å². The Morgan fingerprint density at radius 1 is 1.43 bits per heavy atom. The zero-order valence-electron chi connectivity index (χ0n) is 12.3. The van der Waals surface area contributed by atoms with Crippen molar-refractivity contribution in [1.29, 1.82) is 0 Å². The van der Waals surface area contributed by atoms with E-state index in [0.29, 0.717) is 17.6 Å². The van der Waals surface area contributed by atoms with Gasteiger partial charge in [0.25, 0.3) is 0 Å². The third-order valence-electron chi connectivity index (χ3n) is 3.53. The first-order chi connectivity index (χ1) is 10.1. The molecule has 2 aromatic rings. The Kier molecular flexibility index (Phi) is 3.71. The second-order valence-corrected chi connectivity index (χ2v) is 6.00. The van der Waals surface area contributed by atoms with E-state index in [-0.39, 0.29) is 5.69 Å². The molecular weight excluding hydrogens is 288 g/mol. The number of rotatable bonds is 5. The highest BCUT2D eigenvalue weighted by atomic mass is 32.2. The lowest BCUT2D eigenvalue weighted by Gasteiger charge is -2.11. The molecule has 0 saturated heterocycles. The Morgan fingerprint density at radius 3 is 2.81 bits per heavy atom. The number of aromatic nitrogens is 5. The van der Waals surface area contributed by atoms with E-state index in [9.17, 15) is 4.79 Å². The van der Waals surface area contributed by atoms with Crippen molar-refractivity contribution in [1.82, 2.24) is 24.7 Å². The quantitative estimate of drug-likeness (QED) is 0.818. The summed E-state index contributed by atoms with van der Waals surface area (Å²) in [5.41, 5.74) is 0.785. The molecular formula is C13H18N6OS. The number of H-pyrrole nitrogens is 1. The maximum atomic E-state index is 11.6. The van der Waals surface area contributed by atoms with E-state index in [1.807, 2.05) is 20.9 Å². The number of hydrogen-bond donors (Lipinski definition) is 2. The Bertz CT molecular complexity index is 718. The Hall–Kier alpha value is -1.83. The summed E-state index contributed by atoms with van der Waals surface area (Å²) in [6.07, 6.45) is 2.30. The molecule has 21 heavy (non-hydrogen) atoms. The van der Waals surface area contributed by atoms with Crippen LogP contribution in [0.5, 0.6) is 0 Å². The zero-order valence-corrected chi connectivity index (χ0v) is 13.1. The van der Waals surface area contributed by atoms with Gasteiger partial charge in [-0.3, -0.25) is 4.57 Å². The van der Waals surface area contributed by atoms with E-state index in [4.69, 9.17) is 0 Å². The van der Waals surface area contributed by atoms with Crippen molar-refractivity contribution in [2.45, 2.75) is 49.3 Å². The average molecular weight is 306 g/mol. The van der Waals surface area contributed by atoms with Crippen molar-refractivity contribution in [3.8, 4) is 0 Å². The summed E-state index contributed by atoms with van der Waals surface area (Å²) in [6, 6.07) is 0. The molecule has 1 saturated carbocycles. The molecule has 0 bridgehead atoms. The molecule has 2 aromatic heterocycles. The molecule has 2 heterocycles. The molecule has 8 heteroatoms. The van der Waals surface area contributed by atoms with Gasteiger partial charge in [0, 0.05) is 25.1 Å². The van der Waals surface area contributed by atoms with Crippen LogP contribution in [-0.2, 0) is 6.54 Å². The van der Waals surface area contributed by atoms with Crippen LogP contribution in [0.4, 0.5) is 5.82 Å². The molecule has 7 nitrogen and oxygen atoms in total. The van der Waals surface area contributed by atoms with Gasteiger partial charge in [-0.15, -0.1) is 5.10 Å². The fourth-order valence-electron chi connectivity index (χ4n) is 2.13. The Morgan fingerprint density at radius 2 is 2.19 bits per heavy atom. The van der Waals surface area contributed by atoms with Crippen molar-refractivity contribution >= 4 is 17.6 Å². The monoisotopic (exact) mass is 306 g/mol. The lowest BCUT2D eigenvalue weighted by atomic mass is 10.3. The van der Waals surface area contributed by atoms with Gasteiger partial charge >= 0.3 is 5.69 Å². The minimum absolute atomic E-state index is 0.192. The van der Waals surface area contributed by atoms with Crippen molar-refractivity contribution in [3.63, 3.8) is 0 Å². The number of aromatic amines is 1. The molecule has 0 amide bonds. The zero-order chi connectivity index (χ0) is 15.0. The second kappa shape index (κ2) is 5.51. The van der Waals surface area contributed by atoms with Gasteiger partial charge in [0.1, 0.15) is 16.7 Å². The summed E-state index contributed by atoms with van der Waals surface area (Å²) in [5.74, 6) is 2.20. The van der Waals surface area contributed by atoms with Gasteiger partial charge in [-0.25, -0.2) is 19.9 Å². The van der Waals surface area contributed by atoms with E-state index in [0.717, 1.165) is 35.1 Å². The van der Waals surface area contributed by atoms with E-state index in [1.54, 1.807) is 4.57 Å². The molecule has 1 aliphatic rings. The van der Waals surface area contributed by atoms with E-state index < -0.39 is 0 Å². The highest BCUT2D eigenvalue weighted by Crippen LogP contribution is 2.40. The summed E-state index contributed by atoms with van der Waals surface area (Å²) < 4.78 is 1.60. The molecule has 0 aliphatic heterocycles. The summed E-state index contributed by atoms with van der Waals surface area (Å²) in [7, 11) is 1.86. The van der Waals surface area contributed by atoms with E-state index in [1.165, 1.54) is 11.8 Å². The molecule has 112 valence electrons. The SMILES string of the molecule is CCn1c(Sc2nc(C3CC3)nc(NC)c2C)n[nH]c1=O. The summed E-state index contributed by atoms with van der Waals surface area (Å²) in [6.45, 7) is 4.48. The van der Waals surface area contributed by atoms with Crippen LogP contribution in [0.1, 0.15) is 37.1 Å². The molecule has 1 fully saturated rings. The summed E-state index contributed by atoms with van der Waals surface area (Å²) in [5, 5.41) is 11.2. The topological polar surface area (TPSA) is 88.5 Å². The predicted octanol–water partition coefficient (Wildman–Crippen LogP) is 1.76. The predicted molar refractivity (Wildman–Crippen MR) is 80.9 cm³/mol. The second-order valence-electron chi connectivity index (χ2n) is 5.04. The van der Waals surface area contributed by atoms with Crippen molar-refractivity contribution in [2.24, 2.45) is 0 Å². The molecule has 0 aromatic carbocycles. The molecule has 0 unspecified atom stereocenters. The smallest absolute Gasteiger partial charge is 0.343 e. The number of hydrogen-bond acceptors (Lipinski definition) is 6. The first-order valence-corrected chi connectivity index (χ1v) is 7.85. The molecule has 3 rings (SSSR count). The number of nitrogens with zero attached hydrogens (tertiary/aromatic N) is 4. The van der Waals surface area contributed by atoms with Crippen molar-refractivity contribution in [2.75, 3.05) is 12.4 Å². The highest BCUT2D eigenvalue weighted by Gasteiger charge is 2.28. The van der Waals surface area contributed by atoms with Crippen LogP contribution >= 0.6 is 11.8 Å². The number of anilines is 1. The molecule has 0 atom stereocenters. The van der Waals surface area contributed by atoms with Gasteiger partial charge in [-0.05, 0) is 38.5 Å². The average Bonchev–Trinajstić information content (AvgIpc) is 3.26. The van der Waals surface area contributed by atoms with Crippen LogP contribution in [0.25, 0.3) is 0 Å². The first-order valence-electron chi connectivity index (χ1n) is 7.03. The standard InChI is InChI=1S/C13H18N6OS/c1-4-19-12(20)17-18-13(19)21-11-7(2)9(14-3)15-10(16-11)8-5-6-8/h8H,4-6H2,1-3H3,(H,17,20)(H,14,15,16). The van der Waals surface area contributed by atoms with E-state index in [2.05, 4.69) is 25.5 Å². The van der Waals surface area contributed by atoms with Gasteiger partial charge in [-0.1, -0.05) is 0 Å². The third-order valence-corrected chi connectivity index (χ3v) is 4.61. The fraction of sp³-hybridized carbons (Fsp3) is 0.538. The maximum absolute atomic E-state index is 11.6. The fourth-order valence-corrected chi connectivity index (χ4v) is 3.10. The lowest BCUT2D eigenvalue weighted by molar-refractivity contribution is 0.659. The third kappa shape index (κ3) is 2.67. The minimum atomic E-state index is -0.192. The van der Waals surface area contributed by atoms with Gasteiger partial charge in [0.2, 0.25) is 0 Å². The first kappa shape index (κ1) is 14.1. The van der Waals surface area contributed by atoms with E-state index >= 15 is 0 Å². The summed E-state index contributed by atoms with van der Waals surface area (Å²) in [4.78, 5) is 20.9. The largest absolute Gasteiger partial charge is 0.373 e. The molecule has 1 aliphatic carbocycles. The Labute approximate surface area is 126 Å². The van der Waals surface area contributed by atoms with Crippen LogP contribution in [-0.4, -0.2) is 31.8 Å². The van der Waals surface area contributed by atoms with Gasteiger partial charge in [-0.2, -0.15) is 0 Å². The maximum Gasteiger partial charge on any atom is 0.343 e. The summed E-state index contributed by atoms with van der Waals surface area (Å²) >= 11 is 1.40. The van der Waals surface area contributed by atoms with Crippen LogP contribution in [0, 0.1) is 6.92 Å².